The van der Waals surface area contributed by atoms with Gasteiger partial charge < -0.3 is 10.0 Å². The number of hydrogen-bond donors (Lipinski definition) is 1. The summed E-state index contributed by atoms with van der Waals surface area (Å²) in [6.45, 7) is 2.61. The van der Waals surface area contributed by atoms with Crippen LogP contribution in [0.4, 0.5) is 0 Å². The molecule has 1 aromatic heterocycles. The third kappa shape index (κ3) is 3.68. The van der Waals surface area contributed by atoms with Gasteiger partial charge in [0.05, 0.1) is 6.42 Å². The van der Waals surface area contributed by atoms with Crippen LogP contribution in [-0.2, 0) is 16.1 Å². The van der Waals surface area contributed by atoms with Gasteiger partial charge in [0.15, 0.2) is 0 Å². The average Bonchev–Trinajstić information content (AvgIpc) is 2.71. The highest BCUT2D eigenvalue weighted by Crippen LogP contribution is 1.95. The van der Waals surface area contributed by atoms with Gasteiger partial charge >= 0.3 is 5.97 Å². The molecule has 7 heteroatoms. The minimum atomic E-state index is -0.910. The van der Waals surface area contributed by atoms with Crippen LogP contribution in [-0.4, -0.2) is 49.7 Å². The number of aromatic nitrogens is 3. The highest BCUT2D eigenvalue weighted by molar-refractivity contribution is 5.76. The Hall–Kier alpha value is -1.92. The summed E-state index contributed by atoms with van der Waals surface area (Å²) in [7, 11) is 0. The summed E-state index contributed by atoms with van der Waals surface area (Å²) >= 11 is 0. The fraction of sp³-hybridized carbons (Fsp3) is 0.556. The molecular weight excluding hydrogens is 212 g/mol. The highest BCUT2D eigenvalue weighted by atomic mass is 16.4. The van der Waals surface area contributed by atoms with Crippen LogP contribution in [0, 0.1) is 0 Å². The molecule has 16 heavy (non-hydrogen) atoms. The van der Waals surface area contributed by atoms with Gasteiger partial charge in [0.1, 0.15) is 19.2 Å². The molecule has 0 bridgehead atoms. The molecule has 0 saturated carbocycles. The maximum Gasteiger partial charge on any atom is 0.305 e. The summed E-state index contributed by atoms with van der Waals surface area (Å²) in [6.07, 6.45) is 2.75. The van der Waals surface area contributed by atoms with E-state index in [1.54, 1.807) is 6.92 Å². The van der Waals surface area contributed by atoms with Crippen LogP contribution in [0.2, 0.25) is 0 Å². The zero-order valence-electron chi connectivity index (χ0n) is 9.04. The Morgan fingerprint density at radius 1 is 1.50 bits per heavy atom. The molecule has 0 atom stereocenters. The minimum Gasteiger partial charge on any atom is -0.481 e. The first kappa shape index (κ1) is 12.2. The van der Waals surface area contributed by atoms with E-state index in [-0.39, 0.29) is 25.4 Å². The van der Waals surface area contributed by atoms with Gasteiger partial charge in [-0.1, -0.05) is 0 Å². The van der Waals surface area contributed by atoms with Gasteiger partial charge in [-0.3, -0.25) is 9.59 Å². The molecule has 0 aliphatic rings. The first-order valence-electron chi connectivity index (χ1n) is 4.95. The molecular formula is C9H14N4O3. The molecule has 88 valence electrons. The number of hydrogen-bond acceptors (Lipinski definition) is 4. The molecule has 0 fully saturated rings. The van der Waals surface area contributed by atoms with Crippen LogP contribution in [0.5, 0.6) is 0 Å². The SMILES string of the molecule is CCN(CCC(=O)O)C(=O)Cn1cncn1. The Balaban J connectivity index is 2.46. The van der Waals surface area contributed by atoms with Gasteiger partial charge in [0.2, 0.25) is 5.91 Å². The minimum absolute atomic E-state index is 0.0447. The molecule has 0 unspecified atom stereocenters. The molecule has 0 aliphatic heterocycles. The van der Waals surface area contributed by atoms with Crippen LogP contribution in [0.25, 0.3) is 0 Å². The van der Waals surface area contributed by atoms with E-state index >= 15 is 0 Å². The number of aliphatic carboxylic acids is 1. The van der Waals surface area contributed by atoms with Crippen LogP contribution >= 0.6 is 0 Å². The van der Waals surface area contributed by atoms with Crippen LogP contribution in [0.15, 0.2) is 12.7 Å². The summed E-state index contributed by atoms with van der Waals surface area (Å²) in [5, 5.41) is 12.3. The van der Waals surface area contributed by atoms with Gasteiger partial charge in [-0.15, -0.1) is 0 Å². The molecule has 1 N–H and O–H groups in total. The van der Waals surface area contributed by atoms with E-state index in [1.807, 2.05) is 0 Å². The lowest BCUT2D eigenvalue weighted by Gasteiger charge is -2.19. The van der Waals surface area contributed by atoms with Crippen LogP contribution < -0.4 is 0 Å². The van der Waals surface area contributed by atoms with Gasteiger partial charge in [0, 0.05) is 13.1 Å². The van der Waals surface area contributed by atoms with E-state index < -0.39 is 5.97 Å². The number of carbonyl (C=O) groups excluding carboxylic acids is 1. The number of likely N-dealkylation sites (N-methyl/N-ethyl adjacent to an activating group) is 1. The Bertz CT molecular complexity index is 350. The zero-order chi connectivity index (χ0) is 12.0. The van der Waals surface area contributed by atoms with Crippen molar-refractivity contribution < 1.29 is 14.7 Å². The molecule has 1 amide bonds. The highest BCUT2D eigenvalue weighted by Gasteiger charge is 2.13. The van der Waals surface area contributed by atoms with Gasteiger partial charge in [-0.25, -0.2) is 9.67 Å². The van der Waals surface area contributed by atoms with E-state index in [2.05, 4.69) is 10.1 Å². The quantitative estimate of drug-likeness (QED) is 0.713. The first-order valence-corrected chi connectivity index (χ1v) is 4.95. The second-order valence-electron chi connectivity index (χ2n) is 3.21. The maximum absolute atomic E-state index is 11.7. The monoisotopic (exact) mass is 226 g/mol. The Labute approximate surface area is 92.7 Å². The van der Waals surface area contributed by atoms with E-state index in [9.17, 15) is 9.59 Å². The van der Waals surface area contributed by atoms with E-state index in [4.69, 9.17) is 5.11 Å². The van der Waals surface area contributed by atoms with E-state index in [1.165, 1.54) is 22.2 Å². The smallest absolute Gasteiger partial charge is 0.305 e. The number of carboxylic acid groups (broad SMARTS) is 1. The molecule has 7 nitrogen and oxygen atoms in total. The number of amides is 1. The summed E-state index contributed by atoms with van der Waals surface area (Å²) in [5.41, 5.74) is 0. The van der Waals surface area contributed by atoms with Crippen molar-refractivity contribution in [3.8, 4) is 0 Å². The molecule has 0 saturated heterocycles. The third-order valence-electron chi connectivity index (χ3n) is 2.09. The van der Waals surface area contributed by atoms with Crippen molar-refractivity contribution in [1.29, 1.82) is 0 Å². The molecule has 0 aliphatic carbocycles. The maximum atomic E-state index is 11.7. The lowest BCUT2D eigenvalue weighted by atomic mass is 10.3. The van der Waals surface area contributed by atoms with Crippen LogP contribution in [0.3, 0.4) is 0 Å². The average molecular weight is 226 g/mol. The number of rotatable bonds is 6. The number of nitrogens with zero attached hydrogens (tertiary/aromatic N) is 4. The summed E-state index contributed by atoms with van der Waals surface area (Å²) in [5.74, 6) is -1.07. The van der Waals surface area contributed by atoms with Crippen molar-refractivity contribution in [1.82, 2.24) is 19.7 Å². The molecule has 0 spiro atoms. The van der Waals surface area contributed by atoms with Crippen LogP contribution in [0.1, 0.15) is 13.3 Å². The number of carboxylic acids is 1. The molecule has 1 rings (SSSR count). The Kier molecular flexibility index (Phi) is 4.43. The van der Waals surface area contributed by atoms with Gasteiger partial charge in [-0.2, -0.15) is 5.10 Å². The van der Waals surface area contributed by atoms with Crippen molar-refractivity contribution in [2.75, 3.05) is 13.1 Å². The molecule has 0 radical (unpaired) electrons. The molecule has 1 heterocycles. The van der Waals surface area contributed by atoms with E-state index in [0.717, 1.165) is 0 Å². The Morgan fingerprint density at radius 3 is 2.75 bits per heavy atom. The predicted molar refractivity (Wildman–Crippen MR) is 54.5 cm³/mol. The third-order valence-corrected chi connectivity index (χ3v) is 2.09. The normalized spacial score (nSPS) is 10.1. The van der Waals surface area contributed by atoms with Crippen molar-refractivity contribution in [2.45, 2.75) is 19.9 Å². The van der Waals surface area contributed by atoms with Crippen molar-refractivity contribution in [3.63, 3.8) is 0 Å². The van der Waals surface area contributed by atoms with Crippen molar-refractivity contribution >= 4 is 11.9 Å². The van der Waals surface area contributed by atoms with E-state index in [0.29, 0.717) is 6.54 Å². The first-order chi connectivity index (χ1) is 7.63. The fourth-order valence-corrected chi connectivity index (χ4v) is 1.24. The fourth-order valence-electron chi connectivity index (χ4n) is 1.24. The van der Waals surface area contributed by atoms with Gasteiger partial charge in [0.25, 0.3) is 0 Å². The number of carbonyl (C=O) groups is 2. The summed E-state index contributed by atoms with van der Waals surface area (Å²) in [4.78, 5) is 27.3. The zero-order valence-corrected chi connectivity index (χ0v) is 9.04. The lowest BCUT2D eigenvalue weighted by molar-refractivity contribution is -0.138. The largest absolute Gasteiger partial charge is 0.481 e. The predicted octanol–water partition coefficient (Wildman–Crippen LogP) is -0.399. The lowest BCUT2D eigenvalue weighted by Crippen LogP contribution is -2.35. The van der Waals surface area contributed by atoms with Crippen molar-refractivity contribution in [3.05, 3.63) is 12.7 Å². The standard InChI is InChI=1S/C9H14N4O3/c1-2-12(4-3-9(15)16)8(14)5-13-7-10-6-11-13/h6-7H,2-5H2,1H3,(H,15,16). The second-order valence-corrected chi connectivity index (χ2v) is 3.21. The van der Waals surface area contributed by atoms with Crippen molar-refractivity contribution in [2.24, 2.45) is 0 Å². The Morgan fingerprint density at radius 2 is 2.25 bits per heavy atom. The van der Waals surface area contributed by atoms with Gasteiger partial charge in [-0.05, 0) is 6.92 Å². The molecule has 0 aromatic carbocycles. The topological polar surface area (TPSA) is 88.3 Å². The summed E-state index contributed by atoms with van der Waals surface area (Å²) < 4.78 is 1.41. The molecule has 1 aromatic rings. The summed E-state index contributed by atoms with van der Waals surface area (Å²) in [6, 6.07) is 0. The second kappa shape index (κ2) is 5.84.